The van der Waals surface area contributed by atoms with Crippen LogP contribution in [-0.2, 0) is 29.5 Å². The molecule has 0 fully saturated rings. The molecule has 3 heterocycles. The number of carbonyl (C=O) groups excluding carboxylic acids is 2. The highest BCUT2D eigenvalue weighted by Gasteiger charge is 2.38. The van der Waals surface area contributed by atoms with E-state index in [4.69, 9.17) is 16.7 Å². The van der Waals surface area contributed by atoms with Crippen molar-refractivity contribution in [1.82, 2.24) is 19.6 Å². The molecule has 2 aromatic carbocycles. The maximum absolute atomic E-state index is 13.8. The van der Waals surface area contributed by atoms with Crippen LogP contribution in [0.4, 0.5) is 5.69 Å². The van der Waals surface area contributed by atoms with Gasteiger partial charge in [-0.1, -0.05) is 23.7 Å². The van der Waals surface area contributed by atoms with E-state index in [1.165, 1.54) is 6.07 Å². The van der Waals surface area contributed by atoms with E-state index in [1.807, 2.05) is 26.0 Å². The average molecular weight is 567 g/mol. The van der Waals surface area contributed by atoms with E-state index in [2.05, 4.69) is 4.72 Å². The second-order valence-corrected chi connectivity index (χ2v) is 12.1. The van der Waals surface area contributed by atoms with E-state index in [1.54, 1.807) is 44.8 Å². The summed E-state index contributed by atoms with van der Waals surface area (Å²) in [6, 6.07) is 13.2. The molecular formula is C27H27ClN6O4S. The van der Waals surface area contributed by atoms with Crippen LogP contribution in [-0.4, -0.2) is 58.7 Å². The SMILES string of the molecule is CC(c1cccc(NS(C)(=O)=O)c1)N1CCn2nc3c(c2C1=O)CN(C(=O)c1ccc(Cl)c(C#N)c1)[C@H](C)C3. The summed E-state index contributed by atoms with van der Waals surface area (Å²) in [5.41, 5.74) is 3.80. The molecule has 0 bridgehead atoms. The smallest absolute Gasteiger partial charge is 0.273 e. The second-order valence-electron chi connectivity index (χ2n) is 9.96. The topological polar surface area (TPSA) is 128 Å². The van der Waals surface area contributed by atoms with Crippen molar-refractivity contribution in [3.63, 3.8) is 0 Å². The Morgan fingerprint density at radius 3 is 2.72 bits per heavy atom. The summed E-state index contributed by atoms with van der Waals surface area (Å²) in [7, 11) is -3.44. The van der Waals surface area contributed by atoms with Gasteiger partial charge in [-0.05, 0) is 49.7 Å². The third kappa shape index (κ3) is 5.10. The van der Waals surface area contributed by atoms with Crippen molar-refractivity contribution in [1.29, 1.82) is 5.26 Å². The summed E-state index contributed by atoms with van der Waals surface area (Å²) in [6.07, 6.45) is 1.59. The van der Waals surface area contributed by atoms with Crippen LogP contribution in [0.15, 0.2) is 42.5 Å². The maximum Gasteiger partial charge on any atom is 0.273 e. The van der Waals surface area contributed by atoms with Gasteiger partial charge in [0.2, 0.25) is 10.0 Å². The molecule has 0 saturated heterocycles. The second kappa shape index (κ2) is 10.0. The minimum atomic E-state index is -3.44. The number of nitrogens with one attached hydrogen (secondary N) is 1. The van der Waals surface area contributed by atoms with E-state index in [0.29, 0.717) is 36.5 Å². The summed E-state index contributed by atoms with van der Waals surface area (Å²) in [5, 5.41) is 14.3. The molecule has 2 aliphatic heterocycles. The van der Waals surface area contributed by atoms with Crippen molar-refractivity contribution in [3.05, 3.63) is 81.1 Å². The lowest BCUT2D eigenvalue weighted by atomic mass is 9.97. The molecule has 5 rings (SSSR count). The Morgan fingerprint density at radius 2 is 2.00 bits per heavy atom. The fourth-order valence-corrected chi connectivity index (χ4v) is 5.96. The number of hydrogen-bond donors (Lipinski definition) is 1. The zero-order chi connectivity index (χ0) is 28.1. The van der Waals surface area contributed by atoms with Crippen LogP contribution in [0.2, 0.25) is 5.02 Å². The van der Waals surface area contributed by atoms with Crippen molar-refractivity contribution in [2.75, 3.05) is 17.5 Å². The Morgan fingerprint density at radius 1 is 1.23 bits per heavy atom. The van der Waals surface area contributed by atoms with Crippen molar-refractivity contribution in [2.45, 2.75) is 45.4 Å². The maximum atomic E-state index is 13.8. The lowest BCUT2D eigenvalue weighted by Crippen LogP contribution is -2.44. The molecule has 2 amide bonds. The zero-order valence-electron chi connectivity index (χ0n) is 21.7. The molecule has 12 heteroatoms. The van der Waals surface area contributed by atoms with Crippen LogP contribution in [0.3, 0.4) is 0 Å². The lowest BCUT2D eigenvalue weighted by molar-refractivity contribution is 0.0605. The number of fused-ring (bicyclic) bond motifs is 3. The number of anilines is 1. The molecule has 39 heavy (non-hydrogen) atoms. The van der Waals surface area contributed by atoms with Gasteiger partial charge in [0.15, 0.2) is 0 Å². The predicted molar refractivity (Wildman–Crippen MR) is 146 cm³/mol. The number of carbonyl (C=O) groups is 2. The third-order valence-corrected chi connectivity index (χ3v) is 8.17. The molecule has 0 spiro atoms. The van der Waals surface area contributed by atoms with Gasteiger partial charge in [-0.3, -0.25) is 19.0 Å². The van der Waals surface area contributed by atoms with Gasteiger partial charge in [0.1, 0.15) is 11.8 Å². The molecule has 1 aromatic heterocycles. The van der Waals surface area contributed by atoms with Crippen LogP contribution in [0.25, 0.3) is 0 Å². The van der Waals surface area contributed by atoms with Crippen molar-refractivity contribution in [3.8, 4) is 6.07 Å². The molecule has 0 saturated carbocycles. The summed E-state index contributed by atoms with van der Waals surface area (Å²) in [5.74, 6) is -0.436. The molecule has 2 atom stereocenters. The molecule has 0 aliphatic carbocycles. The number of sulfonamides is 1. The van der Waals surface area contributed by atoms with E-state index < -0.39 is 10.0 Å². The van der Waals surface area contributed by atoms with Crippen molar-refractivity contribution in [2.24, 2.45) is 0 Å². The normalized spacial score (nSPS) is 17.7. The highest BCUT2D eigenvalue weighted by Crippen LogP contribution is 2.33. The number of halogens is 1. The Bertz CT molecular complexity index is 1640. The van der Waals surface area contributed by atoms with E-state index in [0.717, 1.165) is 23.1 Å². The minimum absolute atomic E-state index is 0.154. The van der Waals surface area contributed by atoms with Crippen LogP contribution in [0.1, 0.15) is 63.1 Å². The quantitative estimate of drug-likeness (QED) is 0.502. The number of hydrogen-bond acceptors (Lipinski definition) is 6. The minimum Gasteiger partial charge on any atom is -0.331 e. The van der Waals surface area contributed by atoms with Gasteiger partial charge in [-0.25, -0.2) is 8.42 Å². The first kappa shape index (κ1) is 26.7. The van der Waals surface area contributed by atoms with Gasteiger partial charge in [0.25, 0.3) is 11.8 Å². The van der Waals surface area contributed by atoms with Gasteiger partial charge in [0.05, 0.1) is 41.7 Å². The summed E-state index contributed by atoms with van der Waals surface area (Å²) >= 11 is 6.05. The van der Waals surface area contributed by atoms with Gasteiger partial charge in [-0.2, -0.15) is 10.4 Å². The van der Waals surface area contributed by atoms with Crippen molar-refractivity contribution < 1.29 is 18.0 Å². The Kier molecular flexibility index (Phi) is 6.86. The van der Waals surface area contributed by atoms with E-state index >= 15 is 0 Å². The summed E-state index contributed by atoms with van der Waals surface area (Å²) in [4.78, 5) is 30.7. The first-order valence-corrected chi connectivity index (χ1v) is 14.7. The molecule has 0 radical (unpaired) electrons. The molecule has 2 aliphatic rings. The number of benzene rings is 2. The Labute approximate surface area is 231 Å². The predicted octanol–water partition coefficient (Wildman–Crippen LogP) is 3.58. The first-order chi connectivity index (χ1) is 18.5. The van der Waals surface area contributed by atoms with Gasteiger partial charge < -0.3 is 9.80 Å². The van der Waals surface area contributed by atoms with Gasteiger partial charge in [-0.15, -0.1) is 0 Å². The Balaban J connectivity index is 1.42. The highest BCUT2D eigenvalue weighted by molar-refractivity contribution is 7.92. The Hall–Kier alpha value is -3.88. The summed E-state index contributed by atoms with van der Waals surface area (Å²) < 4.78 is 27.6. The first-order valence-electron chi connectivity index (χ1n) is 12.4. The fourth-order valence-electron chi connectivity index (χ4n) is 5.24. The van der Waals surface area contributed by atoms with E-state index in [-0.39, 0.29) is 41.0 Å². The number of nitriles is 1. The number of rotatable bonds is 5. The molecule has 1 unspecified atom stereocenters. The standard InChI is InChI=1S/C27H27ClN6O4S/c1-16-11-24-22(15-33(16)26(35)19-7-8-23(28)20(12-19)14-29)25-27(36)32(9-10-34(25)30-24)17(2)18-5-4-6-21(13-18)31-39(3,37)38/h4-8,12-13,16-17,31H,9-11,15H2,1-3H3/t16-,17?/m1/s1. The van der Waals surface area contributed by atoms with Gasteiger partial charge in [0, 0.05) is 35.8 Å². The molecule has 202 valence electrons. The molecule has 3 aromatic rings. The van der Waals surface area contributed by atoms with Crippen molar-refractivity contribution >= 4 is 39.1 Å². The molecular weight excluding hydrogens is 540 g/mol. The number of nitrogens with zero attached hydrogens (tertiary/aromatic N) is 5. The monoisotopic (exact) mass is 566 g/mol. The molecule has 10 nitrogen and oxygen atoms in total. The third-order valence-electron chi connectivity index (χ3n) is 7.23. The van der Waals surface area contributed by atoms with Crippen LogP contribution in [0.5, 0.6) is 0 Å². The number of amides is 2. The largest absolute Gasteiger partial charge is 0.331 e. The number of aromatic nitrogens is 2. The van der Waals surface area contributed by atoms with E-state index in [9.17, 15) is 23.3 Å². The van der Waals surface area contributed by atoms with Crippen LogP contribution >= 0.6 is 11.6 Å². The zero-order valence-corrected chi connectivity index (χ0v) is 23.3. The summed E-state index contributed by atoms with van der Waals surface area (Å²) in [6.45, 7) is 5.01. The van der Waals surface area contributed by atoms with Crippen LogP contribution in [0, 0.1) is 11.3 Å². The molecule has 1 N–H and O–H groups in total. The average Bonchev–Trinajstić information content (AvgIpc) is 3.25. The van der Waals surface area contributed by atoms with Gasteiger partial charge >= 0.3 is 0 Å². The van der Waals surface area contributed by atoms with Crippen LogP contribution < -0.4 is 4.72 Å². The lowest BCUT2D eigenvalue weighted by Gasteiger charge is -2.35. The fraction of sp³-hybridized carbons (Fsp3) is 0.333. The highest BCUT2D eigenvalue weighted by atomic mass is 35.5.